The zero-order chi connectivity index (χ0) is 16.2. The van der Waals surface area contributed by atoms with Gasteiger partial charge in [-0.2, -0.15) is 0 Å². The Bertz CT molecular complexity index is 126. The Morgan fingerprint density at radius 3 is 0.364 bits per heavy atom. The average molecular weight is 502 g/mol. The van der Waals surface area contributed by atoms with E-state index in [1.54, 1.807) is 0 Å². The zero-order valence-corrected chi connectivity index (χ0v) is 22.2. The van der Waals surface area contributed by atoms with E-state index in [-0.39, 0.29) is 174 Å². The second kappa shape index (κ2) is 175. The minimum Gasteiger partial charge on any atom is -0.379 e. The van der Waals surface area contributed by atoms with Crippen molar-refractivity contribution in [3.8, 4) is 0 Å². The van der Waals surface area contributed by atoms with Crippen LogP contribution < -0.4 is 154 Å². The number of nitrogens with zero attached hydrogens (tertiary/aromatic N) is 6. The topological polar surface area (TPSA) is 298 Å². The van der Waals surface area contributed by atoms with Crippen LogP contribution in [0.2, 0.25) is 0 Å². The normalized spacial score (nSPS) is 3.27. The minimum absolute atomic E-state index is 0. The molecule has 0 heterocycles. The molecule has 0 aliphatic heterocycles. The van der Waals surface area contributed by atoms with Crippen molar-refractivity contribution in [1.29, 1.82) is 0 Å². The first-order valence-corrected chi connectivity index (χ1v) is 2.30. The summed E-state index contributed by atoms with van der Waals surface area (Å²) in [5, 5.41) is 47.3. The molecule has 0 spiro atoms. The molecule has 0 radical (unpaired) electrons. The van der Waals surface area contributed by atoms with Gasteiger partial charge >= 0.3 is 174 Å². The smallest absolute Gasteiger partial charge is 0.379 e. The molecular formula is H6K3N6O12Rh+6. The molecule has 22 heteroatoms. The molecule has 114 valence electrons. The summed E-state index contributed by atoms with van der Waals surface area (Å²) in [7, 11) is 0. The van der Waals surface area contributed by atoms with E-state index < -0.39 is 0 Å². The molecule has 0 aromatic rings. The van der Waals surface area contributed by atoms with Crippen molar-refractivity contribution in [2.45, 2.75) is 0 Å². The Morgan fingerprint density at radius 2 is 0.364 bits per heavy atom. The molecule has 0 saturated heterocycles. The Balaban J connectivity index is -0.00000000947. The Kier molecular flexibility index (Phi) is 517. The van der Waals surface area contributed by atoms with Gasteiger partial charge in [-0.3, -0.25) is 0 Å². The van der Waals surface area contributed by atoms with E-state index in [9.17, 15) is 0 Å². The van der Waals surface area contributed by atoms with Crippen molar-refractivity contribution in [3.05, 3.63) is 29.4 Å². The largest absolute Gasteiger partial charge is 3.00 e. The maximum atomic E-state index is 8.11. The second-order valence-electron chi connectivity index (χ2n) is 0.490. The van der Waals surface area contributed by atoms with Gasteiger partial charge in [0, 0.05) is 0 Å². The molecular weight excluding hydrogens is 496 g/mol. The van der Waals surface area contributed by atoms with E-state index in [1.807, 2.05) is 0 Å². The molecule has 18 nitrogen and oxygen atoms in total. The Labute approximate surface area is 260 Å². The standard InChI is InChI=1S/3K.6HNO2.Rh/c;;;6*2-1-3;/h;;;6*(H,2,3);/q3*+1;;;;;;;+3. The molecule has 0 bridgehead atoms. The van der Waals surface area contributed by atoms with E-state index in [0.29, 0.717) is 0 Å². The monoisotopic (exact) mass is 502 g/mol. The predicted octanol–water partition coefficient (Wildman–Crippen LogP) is -8.14. The van der Waals surface area contributed by atoms with Crippen molar-refractivity contribution in [2.24, 2.45) is 32.0 Å². The summed E-state index contributed by atoms with van der Waals surface area (Å²) in [6.07, 6.45) is 0. The van der Waals surface area contributed by atoms with Crippen LogP contribution in [0.15, 0.2) is 32.0 Å². The van der Waals surface area contributed by atoms with Gasteiger partial charge in [-0.1, -0.05) is 0 Å². The molecule has 0 aliphatic carbocycles. The summed E-state index contributed by atoms with van der Waals surface area (Å²) in [6, 6.07) is 0. The van der Waals surface area contributed by atoms with Gasteiger partial charge < -0.3 is 31.2 Å². The van der Waals surface area contributed by atoms with Crippen LogP contribution >= 0.6 is 0 Å². The molecule has 22 heavy (non-hydrogen) atoms. The first kappa shape index (κ1) is 64.8. The van der Waals surface area contributed by atoms with Crippen LogP contribution in [0.1, 0.15) is 0 Å². The molecule has 0 atom stereocenters. The molecule has 0 saturated carbocycles. The van der Waals surface area contributed by atoms with Gasteiger partial charge in [0.2, 0.25) is 0 Å². The third kappa shape index (κ3) is 2570. The van der Waals surface area contributed by atoms with E-state index in [2.05, 4.69) is 0 Å². The third-order valence-corrected chi connectivity index (χ3v) is 0. The molecule has 0 fully saturated rings. The molecule has 0 rings (SSSR count). The molecule has 0 aromatic carbocycles. The maximum Gasteiger partial charge on any atom is 3.00 e. The summed E-state index contributed by atoms with van der Waals surface area (Å²) < 4.78 is 0. The maximum absolute atomic E-state index is 8.11. The quantitative estimate of drug-likeness (QED) is 0.102. The first-order chi connectivity index (χ1) is 8.49. The fourth-order valence-electron chi connectivity index (χ4n) is 0. The van der Waals surface area contributed by atoms with Crippen LogP contribution in [0, 0.1) is 29.4 Å². The third-order valence-electron chi connectivity index (χ3n) is 0. The van der Waals surface area contributed by atoms with Crippen LogP contribution in [0.5, 0.6) is 0 Å². The number of hydrogen-bond donors (Lipinski definition) is 6. The van der Waals surface area contributed by atoms with E-state index in [0.717, 1.165) is 0 Å². The molecule has 0 aromatic heterocycles. The Morgan fingerprint density at radius 1 is 0.364 bits per heavy atom. The van der Waals surface area contributed by atoms with Gasteiger partial charge in [0.15, 0.2) is 32.0 Å². The fourth-order valence-corrected chi connectivity index (χ4v) is 0. The summed E-state index contributed by atoms with van der Waals surface area (Å²) in [4.78, 5) is 48.7. The van der Waals surface area contributed by atoms with Crippen molar-refractivity contribution in [2.75, 3.05) is 0 Å². The van der Waals surface area contributed by atoms with Crippen LogP contribution in [-0.2, 0) is 19.5 Å². The van der Waals surface area contributed by atoms with Crippen LogP contribution in [0.4, 0.5) is 0 Å². The summed E-state index contributed by atoms with van der Waals surface area (Å²) in [5.74, 6) is 0. The first-order valence-electron chi connectivity index (χ1n) is 2.30. The SMILES string of the molecule is O=NO.O=NO.O=NO.O=NO.O=NO.O=NO.[K+].[K+].[K+].[Rh+3]. The summed E-state index contributed by atoms with van der Waals surface area (Å²) >= 11 is 0. The van der Waals surface area contributed by atoms with Crippen molar-refractivity contribution in [3.63, 3.8) is 0 Å². The zero-order valence-electron chi connectivity index (χ0n) is 11.1. The fraction of sp³-hybridized carbons (Fsp3) is 0. The minimum atomic E-state index is 0. The van der Waals surface area contributed by atoms with E-state index in [1.165, 1.54) is 32.0 Å². The number of hydrogen-bond acceptors (Lipinski definition) is 12. The van der Waals surface area contributed by atoms with Crippen LogP contribution in [-0.4, -0.2) is 31.2 Å². The Hall–Kier alpha value is 1.93. The van der Waals surface area contributed by atoms with E-state index in [4.69, 9.17) is 60.7 Å². The number of rotatable bonds is 0. The van der Waals surface area contributed by atoms with Gasteiger partial charge in [0.25, 0.3) is 0 Å². The van der Waals surface area contributed by atoms with Gasteiger partial charge in [0.05, 0.1) is 0 Å². The molecule has 0 amide bonds. The van der Waals surface area contributed by atoms with Crippen molar-refractivity contribution in [1.82, 2.24) is 0 Å². The van der Waals surface area contributed by atoms with Gasteiger partial charge in [-0.15, -0.1) is 29.4 Å². The molecule has 6 N–H and O–H groups in total. The van der Waals surface area contributed by atoms with Crippen molar-refractivity contribution < 1.29 is 205 Å². The summed E-state index contributed by atoms with van der Waals surface area (Å²) in [5.41, 5.74) is 0. The van der Waals surface area contributed by atoms with E-state index >= 15 is 0 Å². The van der Waals surface area contributed by atoms with Gasteiger partial charge in [0.1, 0.15) is 0 Å². The second-order valence-corrected chi connectivity index (χ2v) is 0.490. The molecule has 0 unspecified atom stereocenters. The average Bonchev–Trinajstić information content (AvgIpc) is 2.23. The predicted molar refractivity (Wildman–Crippen MR) is 45.5 cm³/mol. The van der Waals surface area contributed by atoms with Crippen molar-refractivity contribution >= 4 is 0 Å². The summed E-state index contributed by atoms with van der Waals surface area (Å²) in [6.45, 7) is 0. The molecule has 0 aliphatic rings. The van der Waals surface area contributed by atoms with Crippen LogP contribution in [0.3, 0.4) is 0 Å². The van der Waals surface area contributed by atoms with Gasteiger partial charge in [-0.05, 0) is 0 Å². The van der Waals surface area contributed by atoms with Gasteiger partial charge in [-0.25, -0.2) is 0 Å². The van der Waals surface area contributed by atoms with Crippen LogP contribution in [0.25, 0.3) is 0 Å².